The molecule has 0 N–H and O–H groups in total. The van der Waals surface area contributed by atoms with Crippen LogP contribution in [0.2, 0.25) is 0 Å². The minimum Gasteiger partial charge on any atom is -0.326 e. The quantitative estimate of drug-likeness (QED) is 0.0696. The number of aromatic nitrogens is 5. The van der Waals surface area contributed by atoms with Crippen molar-refractivity contribution in [3.63, 3.8) is 0 Å². The molecule has 4 heterocycles. The van der Waals surface area contributed by atoms with E-state index in [0.717, 1.165) is 102 Å². The standard InChI is InChI=1S/C34H32N4.C13H10N3.Ir/c1-4-8-26-20-31(37-33(22-26)28-14-12-25(24-35)13-15-28)10-6-7-11-32-21-27(9-5-2)23-34(38-32)29-16-18-30(36-3)19-17-29;1-15-10-16(11-6-3-2-4-7-11)13-12(15)8-5-9-14-13;/h12-14,16,18-23H,4-11H2,1-2H3;2-6,8-9H,1H3;/q-2;-1;. The molecule has 0 fully saturated rings. The molecule has 0 saturated heterocycles. The average Bonchev–Trinajstić information content (AvgIpc) is 3.56. The fourth-order valence-electron chi connectivity index (χ4n) is 6.38. The zero-order valence-electron chi connectivity index (χ0n) is 31.4. The fraction of sp³-hybridized carbons (Fsp3) is 0.234. The fourth-order valence-corrected chi connectivity index (χ4v) is 6.38. The van der Waals surface area contributed by atoms with Gasteiger partial charge in [0.05, 0.1) is 12.6 Å². The second-order valence-corrected chi connectivity index (χ2v) is 13.2. The molecular weight excluding hydrogens is 855 g/mol. The van der Waals surface area contributed by atoms with Crippen LogP contribution in [0.25, 0.3) is 44.2 Å². The van der Waals surface area contributed by atoms with E-state index in [1.165, 1.54) is 11.1 Å². The van der Waals surface area contributed by atoms with Gasteiger partial charge in [-0.3, -0.25) is 4.98 Å². The molecule has 1 radical (unpaired) electrons. The van der Waals surface area contributed by atoms with Crippen molar-refractivity contribution < 1.29 is 24.7 Å². The van der Waals surface area contributed by atoms with E-state index in [0.29, 0.717) is 11.3 Å². The molecule has 7 aromatic rings. The van der Waals surface area contributed by atoms with Crippen LogP contribution in [0.3, 0.4) is 0 Å². The Morgan fingerprint density at radius 3 is 1.96 bits per heavy atom. The zero-order chi connectivity index (χ0) is 37.7. The number of benzene rings is 3. The maximum Gasteiger partial charge on any atom is 0.243 e. The number of para-hydroxylation sites is 1. The molecule has 0 bridgehead atoms. The topological polar surface area (TPSA) is 75.6 Å². The first-order valence-corrected chi connectivity index (χ1v) is 18.5. The monoisotopic (exact) mass is 897 g/mol. The number of aryl methyl sites for hydroxylation is 5. The van der Waals surface area contributed by atoms with Crippen LogP contribution in [0.1, 0.15) is 67.6 Å². The van der Waals surface area contributed by atoms with E-state index < -0.39 is 0 Å². The molecule has 0 atom stereocenters. The summed E-state index contributed by atoms with van der Waals surface area (Å²) in [7, 11) is 1.96. The molecule has 7 rings (SSSR count). The molecule has 55 heavy (non-hydrogen) atoms. The Balaban J connectivity index is 0.000000283. The van der Waals surface area contributed by atoms with Gasteiger partial charge in [-0.15, -0.1) is 47.5 Å². The molecular formula is C47H42IrN7-3. The predicted octanol–water partition coefficient (Wildman–Crippen LogP) is 9.75. The number of hydrogen-bond acceptors (Lipinski definition) is 4. The van der Waals surface area contributed by atoms with Gasteiger partial charge in [-0.25, -0.2) is 5.26 Å². The van der Waals surface area contributed by atoms with Crippen LogP contribution in [0.5, 0.6) is 0 Å². The van der Waals surface area contributed by atoms with E-state index in [2.05, 4.69) is 78.5 Å². The van der Waals surface area contributed by atoms with Crippen molar-refractivity contribution in [3.8, 4) is 34.3 Å². The largest absolute Gasteiger partial charge is 0.326 e. The first-order chi connectivity index (χ1) is 26.5. The molecule has 277 valence electrons. The molecule has 3 aromatic carbocycles. The number of nitrogens with zero attached hydrogens (tertiary/aromatic N) is 7. The van der Waals surface area contributed by atoms with Crippen molar-refractivity contribution in [2.24, 2.45) is 7.05 Å². The molecule has 0 saturated carbocycles. The van der Waals surface area contributed by atoms with E-state index >= 15 is 0 Å². The van der Waals surface area contributed by atoms with Crippen LogP contribution in [-0.2, 0) is 52.8 Å². The van der Waals surface area contributed by atoms with E-state index in [1.807, 2.05) is 76.8 Å². The second-order valence-electron chi connectivity index (χ2n) is 13.2. The number of pyridine rings is 3. The summed E-state index contributed by atoms with van der Waals surface area (Å²) in [5.41, 5.74) is 12.6. The maximum absolute atomic E-state index is 9.09. The Labute approximate surface area is 338 Å². The molecule has 4 aromatic heterocycles. The molecule has 0 aliphatic carbocycles. The average molecular weight is 897 g/mol. The number of fused-ring (bicyclic) bond motifs is 1. The molecule has 0 aliphatic heterocycles. The summed E-state index contributed by atoms with van der Waals surface area (Å²) < 4.78 is 3.85. The summed E-state index contributed by atoms with van der Waals surface area (Å²) in [4.78, 5) is 17.7. The van der Waals surface area contributed by atoms with Gasteiger partial charge in [0.15, 0.2) is 0 Å². The van der Waals surface area contributed by atoms with Crippen molar-refractivity contribution in [1.82, 2.24) is 19.5 Å². The van der Waals surface area contributed by atoms with E-state index in [4.69, 9.17) is 21.8 Å². The van der Waals surface area contributed by atoms with Crippen LogP contribution in [0, 0.1) is 42.4 Å². The number of rotatable bonds is 12. The van der Waals surface area contributed by atoms with E-state index in [9.17, 15) is 0 Å². The molecule has 0 spiro atoms. The molecule has 0 aliphatic rings. The van der Waals surface area contributed by atoms with Crippen LogP contribution in [0.4, 0.5) is 5.69 Å². The number of hydrogen-bond donors (Lipinski definition) is 0. The Kier molecular flexibility index (Phi) is 14.7. The molecule has 0 amide bonds. The smallest absolute Gasteiger partial charge is 0.243 e. The van der Waals surface area contributed by atoms with Crippen LogP contribution in [-0.4, -0.2) is 19.5 Å². The number of nitriles is 1. The van der Waals surface area contributed by atoms with Crippen LogP contribution < -0.4 is 4.57 Å². The molecule has 7 nitrogen and oxygen atoms in total. The minimum atomic E-state index is 0. The summed E-state index contributed by atoms with van der Waals surface area (Å²) in [6, 6.07) is 43.3. The van der Waals surface area contributed by atoms with Gasteiger partial charge in [0.1, 0.15) is 12.2 Å². The normalized spacial score (nSPS) is 10.5. The van der Waals surface area contributed by atoms with Crippen molar-refractivity contribution in [1.29, 1.82) is 5.26 Å². The summed E-state index contributed by atoms with van der Waals surface area (Å²) in [6.07, 6.45) is 13.1. The van der Waals surface area contributed by atoms with Gasteiger partial charge >= 0.3 is 0 Å². The zero-order valence-corrected chi connectivity index (χ0v) is 33.8. The summed E-state index contributed by atoms with van der Waals surface area (Å²) in [6.45, 7) is 11.6. The SMILES string of the molecule is C[n+]1[c-]n(-c2[c-]cccc2)c2ncccc21.[C-]#[N+]c1c[c-]c(-c2cc(CCC)cc(CCCCc3cc(CCC)cc(-c4[c-]cc(C#N)cc4)n3)n2)cc1.[Ir]. The number of unbranched alkanes of at least 4 members (excludes halogenated alkanes) is 1. The third-order valence-corrected chi connectivity index (χ3v) is 9.01. The Morgan fingerprint density at radius 2 is 1.44 bits per heavy atom. The van der Waals surface area contributed by atoms with Gasteiger partial charge < -0.3 is 19.1 Å². The first kappa shape index (κ1) is 40.4. The van der Waals surface area contributed by atoms with Gasteiger partial charge in [-0.05, 0) is 67.6 Å². The van der Waals surface area contributed by atoms with E-state index in [-0.39, 0.29) is 20.1 Å². The predicted molar refractivity (Wildman–Crippen MR) is 213 cm³/mol. The second kappa shape index (κ2) is 20.0. The van der Waals surface area contributed by atoms with Crippen molar-refractivity contribution in [2.75, 3.05) is 0 Å². The van der Waals surface area contributed by atoms with E-state index in [1.54, 1.807) is 18.3 Å². The summed E-state index contributed by atoms with van der Waals surface area (Å²) in [5.74, 6) is 0. The third kappa shape index (κ3) is 10.7. The Bertz CT molecular complexity index is 2270. The maximum atomic E-state index is 9.09. The summed E-state index contributed by atoms with van der Waals surface area (Å²) in [5, 5.41) is 9.09. The van der Waals surface area contributed by atoms with Crippen LogP contribution >= 0.6 is 0 Å². The van der Waals surface area contributed by atoms with Gasteiger partial charge in [-0.1, -0.05) is 79.9 Å². The Morgan fingerprint density at radius 1 is 0.782 bits per heavy atom. The van der Waals surface area contributed by atoms with Crippen molar-refractivity contribution >= 4 is 16.9 Å². The van der Waals surface area contributed by atoms with Gasteiger partial charge in [0, 0.05) is 43.8 Å². The first-order valence-electron chi connectivity index (χ1n) is 18.5. The molecule has 0 unspecified atom stereocenters. The van der Waals surface area contributed by atoms with Gasteiger partial charge in [-0.2, -0.15) is 35.2 Å². The molecule has 8 heteroatoms. The summed E-state index contributed by atoms with van der Waals surface area (Å²) >= 11 is 0. The van der Waals surface area contributed by atoms with Crippen molar-refractivity contribution in [3.05, 3.63) is 167 Å². The third-order valence-electron chi connectivity index (χ3n) is 9.01. The van der Waals surface area contributed by atoms with Gasteiger partial charge in [0.25, 0.3) is 0 Å². The van der Waals surface area contributed by atoms with Crippen LogP contribution in [0.15, 0.2) is 103 Å². The van der Waals surface area contributed by atoms with Gasteiger partial charge in [0.2, 0.25) is 12.0 Å². The number of imidazole rings is 1. The minimum absolute atomic E-state index is 0. The van der Waals surface area contributed by atoms with Crippen molar-refractivity contribution in [2.45, 2.75) is 65.2 Å². The Hall–Kier alpha value is -5.79.